The molecule has 1 nitrogen and oxygen atoms in total. The molecule has 0 saturated carbocycles. The fraction of sp³-hybridized carbons (Fsp3) is 0.316. The van der Waals surface area contributed by atoms with Crippen LogP contribution in [0.1, 0.15) is 31.7 Å². The summed E-state index contributed by atoms with van der Waals surface area (Å²) in [5.41, 5.74) is 1.46. The fourth-order valence-electron chi connectivity index (χ4n) is 3.31. The number of rotatable bonds is 2. The molecule has 0 bridgehead atoms. The molecule has 0 fully saturated rings. The molecule has 2 aromatic carbocycles. The van der Waals surface area contributed by atoms with Gasteiger partial charge in [0.2, 0.25) is 0 Å². The van der Waals surface area contributed by atoms with E-state index in [4.69, 9.17) is 0 Å². The van der Waals surface area contributed by atoms with Crippen molar-refractivity contribution in [1.29, 1.82) is 0 Å². The predicted molar refractivity (Wildman–Crippen MR) is 83.8 cm³/mol. The molecule has 20 heavy (non-hydrogen) atoms. The third kappa shape index (κ3) is 2.29. The lowest BCUT2D eigenvalue weighted by molar-refractivity contribution is -0.110. The standard InChI is InChI=1S/C19H20O/c1-19(2)11-10-15(13-20)18(12-19)17-9-5-7-14-6-3-4-8-16(14)17/h3-11,13,15,18H,12H2,1-2H3. The SMILES string of the molecule is CC1(C)C=CC(C=O)C(c2cccc3ccccc23)C1. The number of fused-ring (bicyclic) bond motifs is 1. The Hall–Kier alpha value is -1.89. The van der Waals surface area contributed by atoms with Crippen molar-refractivity contribution in [3.05, 3.63) is 60.2 Å². The van der Waals surface area contributed by atoms with E-state index in [0.717, 1.165) is 12.7 Å². The highest BCUT2D eigenvalue weighted by Crippen LogP contribution is 2.43. The molecule has 0 aromatic heterocycles. The molecule has 0 spiro atoms. The zero-order chi connectivity index (χ0) is 14.2. The van der Waals surface area contributed by atoms with Gasteiger partial charge in [0.15, 0.2) is 0 Å². The lowest BCUT2D eigenvalue weighted by atomic mass is 9.69. The Kier molecular flexibility index (Phi) is 3.21. The molecular weight excluding hydrogens is 244 g/mol. The molecule has 102 valence electrons. The molecule has 2 unspecified atom stereocenters. The second kappa shape index (κ2) is 4.90. The van der Waals surface area contributed by atoms with Crippen LogP contribution >= 0.6 is 0 Å². The van der Waals surface area contributed by atoms with E-state index in [1.54, 1.807) is 0 Å². The van der Waals surface area contributed by atoms with Gasteiger partial charge in [-0.05, 0) is 34.1 Å². The van der Waals surface area contributed by atoms with Crippen LogP contribution in [-0.4, -0.2) is 6.29 Å². The minimum absolute atomic E-state index is 0.00571. The number of benzene rings is 2. The van der Waals surface area contributed by atoms with Gasteiger partial charge < -0.3 is 4.79 Å². The van der Waals surface area contributed by atoms with E-state index in [1.165, 1.54) is 16.3 Å². The minimum atomic E-state index is -0.00571. The van der Waals surface area contributed by atoms with Gasteiger partial charge in [-0.3, -0.25) is 0 Å². The van der Waals surface area contributed by atoms with E-state index in [0.29, 0.717) is 0 Å². The number of aldehydes is 1. The number of carbonyl (C=O) groups is 1. The molecule has 0 N–H and O–H groups in total. The summed E-state index contributed by atoms with van der Waals surface area (Å²) in [5.74, 6) is 0.271. The molecule has 3 rings (SSSR count). The topological polar surface area (TPSA) is 17.1 Å². The molecule has 1 aliphatic rings. The van der Waals surface area contributed by atoms with Crippen LogP contribution in [0.3, 0.4) is 0 Å². The monoisotopic (exact) mass is 264 g/mol. The van der Waals surface area contributed by atoms with Crippen LogP contribution in [-0.2, 0) is 4.79 Å². The molecule has 0 aliphatic heterocycles. The van der Waals surface area contributed by atoms with E-state index < -0.39 is 0 Å². The van der Waals surface area contributed by atoms with E-state index in [1.807, 2.05) is 0 Å². The lowest BCUT2D eigenvalue weighted by Crippen LogP contribution is -2.25. The fourth-order valence-corrected chi connectivity index (χ4v) is 3.31. The van der Waals surface area contributed by atoms with Gasteiger partial charge >= 0.3 is 0 Å². The van der Waals surface area contributed by atoms with E-state index in [9.17, 15) is 4.79 Å². The Morgan fingerprint density at radius 3 is 2.65 bits per heavy atom. The van der Waals surface area contributed by atoms with Crippen LogP contribution in [0.25, 0.3) is 10.8 Å². The smallest absolute Gasteiger partial charge is 0.127 e. The quantitative estimate of drug-likeness (QED) is 0.566. The Balaban J connectivity index is 2.14. The highest BCUT2D eigenvalue weighted by molar-refractivity contribution is 5.86. The maximum absolute atomic E-state index is 11.4. The maximum atomic E-state index is 11.4. The largest absolute Gasteiger partial charge is 0.303 e. The van der Waals surface area contributed by atoms with Crippen LogP contribution in [0.5, 0.6) is 0 Å². The summed E-state index contributed by atoms with van der Waals surface area (Å²) in [5, 5.41) is 2.53. The molecule has 2 aromatic rings. The summed E-state index contributed by atoms with van der Waals surface area (Å²) in [4.78, 5) is 11.4. The van der Waals surface area contributed by atoms with Crippen molar-refractivity contribution in [2.24, 2.45) is 11.3 Å². The van der Waals surface area contributed by atoms with Gasteiger partial charge in [0, 0.05) is 5.92 Å². The Morgan fingerprint density at radius 1 is 1.10 bits per heavy atom. The van der Waals surface area contributed by atoms with Crippen LogP contribution in [0.2, 0.25) is 0 Å². The number of hydrogen-bond acceptors (Lipinski definition) is 1. The third-order valence-electron chi connectivity index (χ3n) is 4.36. The zero-order valence-corrected chi connectivity index (χ0v) is 12.0. The van der Waals surface area contributed by atoms with Crippen molar-refractivity contribution in [1.82, 2.24) is 0 Å². The van der Waals surface area contributed by atoms with Crippen molar-refractivity contribution in [2.45, 2.75) is 26.2 Å². The highest BCUT2D eigenvalue weighted by Gasteiger charge is 2.32. The molecule has 0 amide bonds. The molecule has 0 saturated heterocycles. The normalized spacial score (nSPS) is 24.7. The summed E-state index contributed by atoms with van der Waals surface area (Å²) >= 11 is 0. The summed E-state index contributed by atoms with van der Waals surface area (Å²) in [6, 6.07) is 14.9. The second-order valence-corrected chi connectivity index (χ2v) is 6.44. The van der Waals surface area contributed by atoms with E-state index in [2.05, 4.69) is 68.5 Å². The van der Waals surface area contributed by atoms with Gasteiger partial charge in [-0.25, -0.2) is 0 Å². The van der Waals surface area contributed by atoms with Crippen LogP contribution in [0.15, 0.2) is 54.6 Å². The molecule has 1 heteroatoms. The summed E-state index contributed by atoms with van der Waals surface area (Å²) in [6.45, 7) is 4.48. The van der Waals surface area contributed by atoms with Crippen LogP contribution < -0.4 is 0 Å². The summed E-state index contributed by atoms with van der Waals surface area (Å²) in [7, 11) is 0. The van der Waals surface area contributed by atoms with Gasteiger partial charge in [0.1, 0.15) is 6.29 Å². The first-order chi connectivity index (χ1) is 9.61. The maximum Gasteiger partial charge on any atom is 0.127 e. The highest BCUT2D eigenvalue weighted by atomic mass is 16.1. The van der Waals surface area contributed by atoms with E-state index in [-0.39, 0.29) is 17.3 Å². The first-order valence-electron chi connectivity index (χ1n) is 7.23. The van der Waals surface area contributed by atoms with Crippen LogP contribution in [0.4, 0.5) is 0 Å². The van der Waals surface area contributed by atoms with Crippen molar-refractivity contribution in [3.63, 3.8) is 0 Å². The van der Waals surface area contributed by atoms with Crippen molar-refractivity contribution in [2.75, 3.05) is 0 Å². The van der Waals surface area contributed by atoms with Crippen molar-refractivity contribution >= 4 is 17.1 Å². The molecule has 0 radical (unpaired) electrons. The van der Waals surface area contributed by atoms with Gasteiger partial charge in [-0.2, -0.15) is 0 Å². The summed E-state index contributed by atoms with van der Waals surface area (Å²) < 4.78 is 0. The molecule has 0 heterocycles. The Bertz CT molecular complexity index is 661. The van der Waals surface area contributed by atoms with Crippen LogP contribution in [0, 0.1) is 11.3 Å². The average Bonchev–Trinajstić information content (AvgIpc) is 2.46. The summed E-state index contributed by atoms with van der Waals surface area (Å²) in [6.07, 6.45) is 6.38. The van der Waals surface area contributed by atoms with Crippen molar-refractivity contribution < 1.29 is 4.79 Å². The third-order valence-corrected chi connectivity index (χ3v) is 4.36. The number of carbonyl (C=O) groups excluding carboxylic acids is 1. The molecular formula is C19H20O. The van der Waals surface area contributed by atoms with Gasteiger partial charge in [-0.1, -0.05) is 68.5 Å². The first-order valence-corrected chi connectivity index (χ1v) is 7.23. The average molecular weight is 264 g/mol. The number of hydrogen-bond donors (Lipinski definition) is 0. The van der Waals surface area contributed by atoms with Gasteiger partial charge in [0.05, 0.1) is 0 Å². The minimum Gasteiger partial charge on any atom is -0.303 e. The Morgan fingerprint density at radius 2 is 1.85 bits per heavy atom. The van der Waals surface area contributed by atoms with Gasteiger partial charge in [-0.15, -0.1) is 0 Å². The second-order valence-electron chi connectivity index (χ2n) is 6.44. The lowest BCUT2D eigenvalue weighted by Gasteiger charge is -2.34. The zero-order valence-electron chi connectivity index (χ0n) is 12.0. The molecule has 2 atom stereocenters. The molecule has 1 aliphatic carbocycles. The predicted octanol–water partition coefficient (Wildman–Crippen LogP) is 4.72. The number of allylic oxidation sites excluding steroid dienone is 2. The Labute approximate surface area is 120 Å². The van der Waals surface area contributed by atoms with E-state index >= 15 is 0 Å². The first kappa shape index (κ1) is 13.1. The van der Waals surface area contributed by atoms with Gasteiger partial charge in [0.25, 0.3) is 0 Å². The van der Waals surface area contributed by atoms with Crippen molar-refractivity contribution in [3.8, 4) is 0 Å².